The molecule has 1 aliphatic rings. The number of nitrogens with one attached hydrogen (secondary N) is 2. The molecule has 3 rings (SSSR count). The Morgan fingerprint density at radius 1 is 1.48 bits per heavy atom. The number of aromatic nitrogens is 1. The maximum atomic E-state index is 12.3. The third kappa shape index (κ3) is 4.18. The van der Waals surface area contributed by atoms with Crippen molar-refractivity contribution in [3.8, 4) is 10.6 Å². The van der Waals surface area contributed by atoms with Crippen molar-refractivity contribution in [3.63, 3.8) is 0 Å². The first-order valence-corrected chi connectivity index (χ1v) is 9.04. The van der Waals surface area contributed by atoms with Crippen LogP contribution in [0.2, 0.25) is 0 Å². The number of hydrogen-bond acceptors (Lipinski definition) is 4. The van der Waals surface area contributed by atoms with Gasteiger partial charge in [0, 0.05) is 23.0 Å². The quantitative estimate of drug-likeness (QED) is 0.907. The lowest BCUT2D eigenvalue weighted by Crippen LogP contribution is -2.52. The van der Waals surface area contributed by atoms with E-state index < -0.39 is 0 Å². The molecule has 1 aromatic carbocycles. The van der Waals surface area contributed by atoms with Crippen molar-refractivity contribution in [2.45, 2.75) is 45.2 Å². The van der Waals surface area contributed by atoms with Crippen LogP contribution >= 0.6 is 11.3 Å². The fourth-order valence-electron chi connectivity index (χ4n) is 2.96. The highest BCUT2D eigenvalue weighted by Gasteiger charge is 2.22. The Bertz CT molecular complexity index is 682. The molecular weight excluding hydrogens is 306 g/mol. The van der Waals surface area contributed by atoms with Crippen molar-refractivity contribution >= 4 is 17.2 Å². The summed E-state index contributed by atoms with van der Waals surface area (Å²) in [7, 11) is 0. The molecule has 5 heteroatoms. The second kappa shape index (κ2) is 7.23. The lowest BCUT2D eigenvalue weighted by Gasteiger charge is -2.30. The Labute approximate surface area is 141 Å². The molecule has 2 heterocycles. The van der Waals surface area contributed by atoms with Crippen LogP contribution in [0, 0.1) is 6.92 Å². The number of nitrogens with zero attached hydrogens (tertiary/aromatic N) is 1. The van der Waals surface area contributed by atoms with E-state index in [4.69, 9.17) is 0 Å². The molecule has 1 aromatic heterocycles. The molecule has 0 radical (unpaired) electrons. The number of rotatable bonds is 4. The van der Waals surface area contributed by atoms with Crippen LogP contribution in [0.15, 0.2) is 29.6 Å². The van der Waals surface area contributed by atoms with Crippen LogP contribution in [0.4, 0.5) is 0 Å². The molecule has 0 saturated carbocycles. The molecule has 1 saturated heterocycles. The summed E-state index contributed by atoms with van der Waals surface area (Å²) in [6.07, 6.45) is 2.51. The molecule has 0 aliphatic carbocycles. The number of carbonyl (C=O) groups is 1. The van der Waals surface area contributed by atoms with Crippen molar-refractivity contribution in [2.75, 3.05) is 6.54 Å². The van der Waals surface area contributed by atoms with Crippen molar-refractivity contribution in [3.05, 3.63) is 40.9 Å². The van der Waals surface area contributed by atoms with Crippen LogP contribution < -0.4 is 10.6 Å². The third-order valence-electron chi connectivity index (χ3n) is 4.27. The number of aryl methyl sites for hydroxylation is 1. The van der Waals surface area contributed by atoms with Crippen molar-refractivity contribution in [1.82, 2.24) is 15.6 Å². The molecule has 2 atom stereocenters. The number of carbonyl (C=O) groups excluding carboxylic acids is 1. The zero-order valence-electron chi connectivity index (χ0n) is 13.6. The number of thiazole rings is 1. The molecule has 1 fully saturated rings. The summed E-state index contributed by atoms with van der Waals surface area (Å²) in [5.41, 5.74) is 3.18. The maximum absolute atomic E-state index is 12.3. The maximum Gasteiger partial charge on any atom is 0.226 e. The van der Waals surface area contributed by atoms with Gasteiger partial charge in [0.1, 0.15) is 5.01 Å². The lowest BCUT2D eigenvalue weighted by molar-refractivity contribution is -0.121. The Morgan fingerprint density at radius 2 is 2.35 bits per heavy atom. The zero-order valence-corrected chi connectivity index (χ0v) is 14.5. The topological polar surface area (TPSA) is 54.0 Å². The molecule has 2 unspecified atom stereocenters. The van der Waals surface area contributed by atoms with Crippen molar-refractivity contribution < 1.29 is 4.79 Å². The van der Waals surface area contributed by atoms with Gasteiger partial charge in [-0.05, 0) is 39.3 Å². The number of hydrogen-bond donors (Lipinski definition) is 2. The van der Waals surface area contributed by atoms with Gasteiger partial charge in [0.15, 0.2) is 0 Å². The van der Waals surface area contributed by atoms with E-state index in [-0.39, 0.29) is 11.9 Å². The molecule has 1 aliphatic heterocycles. The standard InChI is InChI=1S/C18H23N3OS/c1-12-5-3-6-14(9-12)18-20-15(11-23-18)10-17(22)21-16-7-4-8-19-13(16)2/h3,5-6,9,11,13,16,19H,4,7-8,10H2,1-2H3,(H,21,22). The van der Waals surface area contributed by atoms with Crippen molar-refractivity contribution in [2.24, 2.45) is 0 Å². The molecular formula is C18H23N3OS. The van der Waals surface area contributed by atoms with E-state index in [1.165, 1.54) is 5.56 Å². The van der Waals surface area contributed by atoms with Gasteiger partial charge >= 0.3 is 0 Å². The Hall–Kier alpha value is -1.72. The summed E-state index contributed by atoms with van der Waals surface area (Å²) in [6.45, 7) is 5.24. The predicted molar refractivity (Wildman–Crippen MR) is 94.6 cm³/mol. The molecule has 0 spiro atoms. The first-order chi connectivity index (χ1) is 11.1. The highest BCUT2D eigenvalue weighted by atomic mass is 32.1. The van der Waals surface area contributed by atoms with Crippen LogP contribution in [0.3, 0.4) is 0 Å². The molecule has 2 N–H and O–H groups in total. The van der Waals surface area contributed by atoms with E-state index in [2.05, 4.69) is 47.7 Å². The van der Waals surface area contributed by atoms with Gasteiger partial charge in [0.05, 0.1) is 12.1 Å². The zero-order chi connectivity index (χ0) is 16.2. The van der Waals surface area contributed by atoms with Crippen LogP contribution in [0.25, 0.3) is 10.6 Å². The summed E-state index contributed by atoms with van der Waals surface area (Å²) in [5.74, 6) is 0.0617. The first-order valence-electron chi connectivity index (χ1n) is 8.16. The van der Waals surface area contributed by atoms with E-state index >= 15 is 0 Å². The summed E-state index contributed by atoms with van der Waals surface area (Å²) < 4.78 is 0. The Morgan fingerprint density at radius 3 is 3.13 bits per heavy atom. The SMILES string of the molecule is Cc1cccc(-c2nc(CC(=O)NC3CCCNC3C)cs2)c1. The van der Waals surface area contributed by atoms with Gasteiger partial charge in [-0.2, -0.15) is 0 Å². The summed E-state index contributed by atoms with van der Waals surface area (Å²) in [4.78, 5) is 16.9. The number of amides is 1. The van der Waals surface area contributed by atoms with Gasteiger partial charge in [-0.15, -0.1) is 11.3 Å². The van der Waals surface area contributed by atoms with E-state index in [1.807, 2.05) is 11.4 Å². The van der Waals surface area contributed by atoms with E-state index in [0.29, 0.717) is 12.5 Å². The Kier molecular flexibility index (Phi) is 5.08. The molecule has 0 bridgehead atoms. The molecule has 23 heavy (non-hydrogen) atoms. The second-order valence-corrected chi connectivity index (χ2v) is 7.11. The van der Waals surface area contributed by atoms with Gasteiger partial charge < -0.3 is 10.6 Å². The van der Waals surface area contributed by atoms with Crippen molar-refractivity contribution in [1.29, 1.82) is 0 Å². The molecule has 4 nitrogen and oxygen atoms in total. The van der Waals surface area contributed by atoms with Gasteiger partial charge in [-0.3, -0.25) is 4.79 Å². The summed E-state index contributed by atoms with van der Waals surface area (Å²) in [6, 6.07) is 8.86. The van der Waals surface area contributed by atoms with E-state index in [0.717, 1.165) is 35.7 Å². The normalized spacial score (nSPS) is 21.1. The summed E-state index contributed by atoms with van der Waals surface area (Å²) in [5, 5.41) is 9.50. The second-order valence-electron chi connectivity index (χ2n) is 6.25. The van der Waals surface area contributed by atoms with Gasteiger partial charge in [-0.1, -0.05) is 23.8 Å². The fourth-order valence-corrected chi connectivity index (χ4v) is 3.78. The molecule has 122 valence electrons. The molecule has 2 aromatic rings. The number of benzene rings is 1. The minimum atomic E-state index is 0.0617. The number of piperidine rings is 1. The first kappa shape index (κ1) is 16.1. The fraction of sp³-hybridized carbons (Fsp3) is 0.444. The average molecular weight is 329 g/mol. The van der Waals surface area contributed by atoms with Crippen LogP contribution in [0.1, 0.15) is 31.0 Å². The lowest BCUT2D eigenvalue weighted by atomic mass is 10.00. The van der Waals surface area contributed by atoms with E-state index in [1.54, 1.807) is 11.3 Å². The van der Waals surface area contributed by atoms with Gasteiger partial charge in [0.2, 0.25) is 5.91 Å². The minimum Gasteiger partial charge on any atom is -0.351 e. The molecule has 1 amide bonds. The third-order valence-corrected chi connectivity index (χ3v) is 5.21. The van der Waals surface area contributed by atoms with Gasteiger partial charge in [-0.25, -0.2) is 4.98 Å². The largest absolute Gasteiger partial charge is 0.351 e. The van der Waals surface area contributed by atoms with Crippen LogP contribution in [0.5, 0.6) is 0 Å². The predicted octanol–water partition coefficient (Wildman–Crippen LogP) is 2.92. The highest BCUT2D eigenvalue weighted by Crippen LogP contribution is 2.24. The monoisotopic (exact) mass is 329 g/mol. The smallest absolute Gasteiger partial charge is 0.226 e. The van der Waals surface area contributed by atoms with Crippen LogP contribution in [-0.4, -0.2) is 29.5 Å². The van der Waals surface area contributed by atoms with Gasteiger partial charge in [0.25, 0.3) is 0 Å². The summed E-state index contributed by atoms with van der Waals surface area (Å²) >= 11 is 1.60. The average Bonchev–Trinajstić information content (AvgIpc) is 2.98. The highest BCUT2D eigenvalue weighted by molar-refractivity contribution is 7.13. The van der Waals surface area contributed by atoms with Crippen LogP contribution in [-0.2, 0) is 11.2 Å². The Balaban J connectivity index is 1.61. The minimum absolute atomic E-state index is 0.0617. The van der Waals surface area contributed by atoms with E-state index in [9.17, 15) is 4.79 Å².